The lowest BCUT2D eigenvalue weighted by atomic mass is 10.2. The van der Waals surface area contributed by atoms with E-state index in [1.165, 1.54) is 0 Å². The molecule has 1 rings (SSSR count). The highest BCUT2D eigenvalue weighted by Gasteiger charge is 2.11. The number of hydrogen-bond donors (Lipinski definition) is 2. The van der Waals surface area contributed by atoms with Gasteiger partial charge in [0.25, 0.3) is 5.91 Å². The first-order chi connectivity index (χ1) is 11.1. The maximum atomic E-state index is 12.2. The van der Waals surface area contributed by atoms with Crippen molar-refractivity contribution in [2.45, 2.75) is 20.3 Å². The maximum Gasteiger partial charge on any atom is 0.253 e. The molecule has 0 aliphatic rings. The Balaban J connectivity index is 2.42. The second-order valence-corrected chi connectivity index (χ2v) is 5.10. The van der Waals surface area contributed by atoms with E-state index in [9.17, 15) is 9.59 Å². The monoisotopic (exact) mass is 321 g/mol. The number of nitrogens with one attached hydrogen (secondary N) is 2. The molecule has 1 aromatic rings. The van der Waals surface area contributed by atoms with Gasteiger partial charge in [-0.1, -0.05) is 0 Å². The molecule has 0 aliphatic heterocycles. The van der Waals surface area contributed by atoms with E-state index in [0.29, 0.717) is 31.8 Å². The molecule has 0 heterocycles. The van der Waals surface area contributed by atoms with Crippen molar-refractivity contribution in [3.63, 3.8) is 0 Å². The SMILES string of the molecule is CCN(CC)C(=O)c1ccc(NCC(=O)NCCCOC)cc1. The molecule has 23 heavy (non-hydrogen) atoms. The molecule has 0 aliphatic carbocycles. The highest BCUT2D eigenvalue weighted by molar-refractivity contribution is 5.94. The first kappa shape index (κ1) is 19.0. The molecule has 0 aromatic heterocycles. The lowest BCUT2D eigenvalue weighted by Crippen LogP contribution is -2.31. The van der Waals surface area contributed by atoms with Gasteiger partial charge in [-0.2, -0.15) is 0 Å². The first-order valence-electron chi connectivity index (χ1n) is 8.01. The van der Waals surface area contributed by atoms with Crippen LogP contribution in [0.4, 0.5) is 5.69 Å². The highest BCUT2D eigenvalue weighted by atomic mass is 16.5. The van der Waals surface area contributed by atoms with E-state index in [1.807, 2.05) is 26.0 Å². The van der Waals surface area contributed by atoms with Crippen molar-refractivity contribution >= 4 is 17.5 Å². The number of carbonyl (C=O) groups excluding carboxylic acids is 2. The Labute approximate surface area is 138 Å². The van der Waals surface area contributed by atoms with Crippen LogP contribution in [0, 0.1) is 0 Å². The van der Waals surface area contributed by atoms with Crippen molar-refractivity contribution in [2.24, 2.45) is 0 Å². The molecule has 0 saturated carbocycles. The lowest BCUT2D eigenvalue weighted by molar-refractivity contribution is -0.119. The molecule has 2 amide bonds. The summed E-state index contributed by atoms with van der Waals surface area (Å²) in [4.78, 5) is 25.6. The molecule has 1 aromatic carbocycles. The van der Waals surface area contributed by atoms with Gasteiger partial charge in [0.15, 0.2) is 0 Å². The Morgan fingerprint density at radius 1 is 1.13 bits per heavy atom. The number of methoxy groups -OCH3 is 1. The molecule has 0 bridgehead atoms. The number of ether oxygens (including phenoxy) is 1. The molecule has 0 fully saturated rings. The average Bonchev–Trinajstić information content (AvgIpc) is 2.58. The number of rotatable bonds is 10. The van der Waals surface area contributed by atoms with Crippen LogP contribution < -0.4 is 10.6 Å². The van der Waals surface area contributed by atoms with Gasteiger partial charge in [0.05, 0.1) is 6.54 Å². The van der Waals surface area contributed by atoms with E-state index in [0.717, 1.165) is 12.1 Å². The van der Waals surface area contributed by atoms with Crippen LogP contribution in [-0.2, 0) is 9.53 Å². The van der Waals surface area contributed by atoms with Gasteiger partial charge < -0.3 is 20.3 Å². The summed E-state index contributed by atoms with van der Waals surface area (Å²) in [6.07, 6.45) is 0.796. The number of nitrogens with zero attached hydrogens (tertiary/aromatic N) is 1. The number of carbonyl (C=O) groups is 2. The van der Waals surface area contributed by atoms with E-state index in [1.54, 1.807) is 24.1 Å². The van der Waals surface area contributed by atoms with E-state index >= 15 is 0 Å². The standard InChI is InChI=1S/C17H27N3O3/c1-4-20(5-2)17(22)14-7-9-15(10-8-14)19-13-16(21)18-11-6-12-23-3/h7-10,19H,4-6,11-13H2,1-3H3,(H,18,21). The molecule has 0 unspecified atom stereocenters. The number of hydrogen-bond acceptors (Lipinski definition) is 4. The van der Waals surface area contributed by atoms with Gasteiger partial charge in [-0.15, -0.1) is 0 Å². The fourth-order valence-electron chi connectivity index (χ4n) is 2.11. The summed E-state index contributed by atoms with van der Waals surface area (Å²) < 4.78 is 4.92. The second-order valence-electron chi connectivity index (χ2n) is 5.10. The van der Waals surface area contributed by atoms with E-state index in [4.69, 9.17) is 4.74 Å². The van der Waals surface area contributed by atoms with E-state index < -0.39 is 0 Å². The van der Waals surface area contributed by atoms with Crippen molar-refractivity contribution in [2.75, 3.05) is 45.2 Å². The minimum Gasteiger partial charge on any atom is -0.385 e. The van der Waals surface area contributed by atoms with Crippen LogP contribution in [0.25, 0.3) is 0 Å². The summed E-state index contributed by atoms with van der Waals surface area (Å²) in [5.41, 5.74) is 1.47. The topological polar surface area (TPSA) is 70.7 Å². The molecule has 0 atom stereocenters. The zero-order chi connectivity index (χ0) is 17.1. The quantitative estimate of drug-likeness (QED) is 0.644. The largest absolute Gasteiger partial charge is 0.385 e. The van der Waals surface area contributed by atoms with Crippen LogP contribution in [0.5, 0.6) is 0 Å². The smallest absolute Gasteiger partial charge is 0.253 e. The fraction of sp³-hybridized carbons (Fsp3) is 0.529. The van der Waals surface area contributed by atoms with Gasteiger partial charge in [-0.25, -0.2) is 0 Å². The van der Waals surface area contributed by atoms with Crippen molar-refractivity contribution in [3.8, 4) is 0 Å². The number of benzene rings is 1. The van der Waals surface area contributed by atoms with Crippen molar-refractivity contribution < 1.29 is 14.3 Å². The average molecular weight is 321 g/mol. The van der Waals surface area contributed by atoms with Crippen LogP contribution in [0.15, 0.2) is 24.3 Å². The third-order valence-corrected chi connectivity index (χ3v) is 3.48. The molecule has 0 saturated heterocycles. The summed E-state index contributed by atoms with van der Waals surface area (Å²) >= 11 is 0. The van der Waals surface area contributed by atoms with Crippen LogP contribution in [-0.4, -0.2) is 56.6 Å². The van der Waals surface area contributed by atoms with Crippen molar-refractivity contribution in [3.05, 3.63) is 29.8 Å². The predicted octanol–water partition coefficient (Wildman–Crippen LogP) is 1.73. The number of amides is 2. The molecule has 128 valence electrons. The predicted molar refractivity (Wildman–Crippen MR) is 91.7 cm³/mol. The van der Waals surface area contributed by atoms with Gasteiger partial charge in [0, 0.05) is 44.6 Å². The summed E-state index contributed by atoms with van der Waals surface area (Å²) in [6.45, 7) is 6.75. The van der Waals surface area contributed by atoms with Gasteiger partial charge >= 0.3 is 0 Å². The zero-order valence-electron chi connectivity index (χ0n) is 14.2. The third-order valence-electron chi connectivity index (χ3n) is 3.48. The van der Waals surface area contributed by atoms with Crippen LogP contribution in [0.2, 0.25) is 0 Å². The van der Waals surface area contributed by atoms with Gasteiger partial charge in [0.2, 0.25) is 5.91 Å². The molecule has 0 radical (unpaired) electrons. The summed E-state index contributed by atoms with van der Waals surface area (Å²) in [6, 6.07) is 7.18. The molecule has 2 N–H and O–H groups in total. The third kappa shape index (κ3) is 6.69. The van der Waals surface area contributed by atoms with E-state index in [2.05, 4.69) is 10.6 Å². The zero-order valence-corrected chi connectivity index (χ0v) is 14.2. The molecule has 0 spiro atoms. The number of anilines is 1. The molecule has 6 heteroatoms. The molecular weight excluding hydrogens is 294 g/mol. The summed E-state index contributed by atoms with van der Waals surface area (Å²) in [7, 11) is 1.64. The maximum absolute atomic E-state index is 12.2. The van der Waals surface area contributed by atoms with Crippen molar-refractivity contribution in [1.29, 1.82) is 0 Å². The Hall–Kier alpha value is -2.08. The minimum atomic E-state index is -0.0654. The van der Waals surface area contributed by atoms with Gasteiger partial charge in [0.1, 0.15) is 0 Å². The van der Waals surface area contributed by atoms with Crippen LogP contribution in [0.3, 0.4) is 0 Å². The van der Waals surface area contributed by atoms with Gasteiger partial charge in [-0.3, -0.25) is 9.59 Å². The summed E-state index contributed by atoms with van der Waals surface area (Å²) in [5.74, 6) is -0.0400. The Bertz CT molecular complexity index is 484. The van der Waals surface area contributed by atoms with E-state index in [-0.39, 0.29) is 18.4 Å². The molecular formula is C17H27N3O3. The first-order valence-corrected chi connectivity index (χ1v) is 8.01. The van der Waals surface area contributed by atoms with Gasteiger partial charge in [-0.05, 0) is 44.5 Å². The lowest BCUT2D eigenvalue weighted by Gasteiger charge is -2.18. The highest BCUT2D eigenvalue weighted by Crippen LogP contribution is 2.11. The Kier molecular flexibility index (Phi) is 8.75. The summed E-state index contributed by atoms with van der Waals surface area (Å²) in [5, 5.41) is 5.85. The molecule has 6 nitrogen and oxygen atoms in total. The second kappa shape index (κ2) is 10.6. The minimum absolute atomic E-state index is 0.0254. The van der Waals surface area contributed by atoms with Crippen molar-refractivity contribution in [1.82, 2.24) is 10.2 Å². The Morgan fingerprint density at radius 3 is 2.35 bits per heavy atom. The Morgan fingerprint density at radius 2 is 1.78 bits per heavy atom. The van der Waals surface area contributed by atoms with Crippen LogP contribution >= 0.6 is 0 Å². The fourth-order valence-corrected chi connectivity index (χ4v) is 2.11. The van der Waals surface area contributed by atoms with Crippen LogP contribution in [0.1, 0.15) is 30.6 Å². The normalized spacial score (nSPS) is 10.2.